The van der Waals surface area contributed by atoms with Crippen LogP contribution in [0.4, 0.5) is 0 Å². The summed E-state index contributed by atoms with van der Waals surface area (Å²) in [4.78, 5) is 11.2. The van der Waals surface area contributed by atoms with Crippen LogP contribution in [0.15, 0.2) is 24.3 Å². The minimum absolute atomic E-state index is 0.0136. The highest BCUT2D eigenvalue weighted by Crippen LogP contribution is 2.15. The van der Waals surface area contributed by atoms with Crippen LogP contribution in [0.2, 0.25) is 0 Å². The van der Waals surface area contributed by atoms with Gasteiger partial charge in [0, 0.05) is 12.6 Å². The zero-order chi connectivity index (χ0) is 12.7. The summed E-state index contributed by atoms with van der Waals surface area (Å²) in [6.45, 7) is 4.88. The van der Waals surface area contributed by atoms with Gasteiger partial charge in [-0.3, -0.25) is 4.79 Å². The Kier molecular flexibility index (Phi) is 5.49. The van der Waals surface area contributed by atoms with Crippen LogP contribution in [0, 0.1) is 0 Å². The van der Waals surface area contributed by atoms with Gasteiger partial charge in [0.2, 0.25) is 5.91 Å². The maximum absolute atomic E-state index is 11.2. The van der Waals surface area contributed by atoms with Gasteiger partial charge in [-0.25, -0.2) is 0 Å². The number of amides is 1. The zero-order valence-corrected chi connectivity index (χ0v) is 10.4. The molecular weight excluding hydrogens is 216 g/mol. The van der Waals surface area contributed by atoms with Crippen molar-refractivity contribution in [2.45, 2.75) is 26.3 Å². The molecule has 0 aliphatic heterocycles. The first-order chi connectivity index (χ1) is 8.13. The highest BCUT2D eigenvalue weighted by molar-refractivity contribution is 5.75. The lowest BCUT2D eigenvalue weighted by atomic mass is 10.1. The first-order valence-corrected chi connectivity index (χ1v) is 5.88. The molecule has 0 fully saturated rings. The minimum Gasteiger partial charge on any atom is -0.493 e. The molecule has 1 rings (SSSR count). The van der Waals surface area contributed by atoms with Crippen LogP contribution >= 0.6 is 0 Å². The van der Waals surface area contributed by atoms with Crippen LogP contribution in [-0.4, -0.2) is 19.1 Å². The average molecular weight is 236 g/mol. The van der Waals surface area contributed by atoms with Crippen molar-refractivity contribution in [3.8, 4) is 5.75 Å². The Morgan fingerprint density at radius 3 is 2.59 bits per heavy atom. The van der Waals surface area contributed by atoms with E-state index < -0.39 is 0 Å². The Hall–Kier alpha value is -1.55. The number of hydrogen-bond donors (Lipinski definition) is 2. The van der Waals surface area contributed by atoms with Gasteiger partial charge in [0.05, 0.1) is 13.0 Å². The van der Waals surface area contributed by atoms with Crippen LogP contribution in [0.25, 0.3) is 0 Å². The van der Waals surface area contributed by atoms with Gasteiger partial charge in [-0.15, -0.1) is 0 Å². The van der Waals surface area contributed by atoms with E-state index in [0.29, 0.717) is 19.6 Å². The first kappa shape index (κ1) is 13.5. The molecule has 4 nitrogen and oxygen atoms in total. The number of ether oxygens (including phenoxy) is 1. The number of hydrogen-bond acceptors (Lipinski definition) is 3. The van der Waals surface area contributed by atoms with Gasteiger partial charge >= 0.3 is 0 Å². The molecule has 1 aromatic carbocycles. The molecule has 0 saturated heterocycles. The van der Waals surface area contributed by atoms with Gasteiger partial charge in [0.15, 0.2) is 0 Å². The van der Waals surface area contributed by atoms with E-state index in [4.69, 9.17) is 10.5 Å². The van der Waals surface area contributed by atoms with Crippen molar-refractivity contribution in [2.24, 2.45) is 5.73 Å². The normalized spacial score (nSPS) is 11.9. The van der Waals surface area contributed by atoms with Crippen molar-refractivity contribution in [1.29, 1.82) is 0 Å². The summed E-state index contributed by atoms with van der Waals surface area (Å²) in [6.07, 6.45) is 0.378. The van der Waals surface area contributed by atoms with E-state index in [1.807, 2.05) is 38.1 Å². The third-order valence-corrected chi connectivity index (χ3v) is 2.38. The van der Waals surface area contributed by atoms with Gasteiger partial charge in [-0.05, 0) is 31.5 Å². The molecule has 1 aromatic rings. The predicted octanol–water partition coefficient (Wildman–Crippen LogP) is 1.61. The van der Waals surface area contributed by atoms with Gasteiger partial charge in [0.1, 0.15) is 5.75 Å². The monoisotopic (exact) mass is 236 g/mol. The molecule has 0 aliphatic rings. The van der Waals surface area contributed by atoms with Gasteiger partial charge < -0.3 is 15.8 Å². The van der Waals surface area contributed by atoms with Crippen LogP contribution in [0.5, 0.6) is 5.75 Å². The van der Waals surface area contributed by atoms with Crippen LogP contribution in [0.3, 0.4) is 0 Å². The Bertz CT molecular complexity index is 347. The number of rotatable bonds is 6. The second-order valence-corrected chi connectivity index (χ2v) is 3.91. The predicted molar refractivity (Wildman–Crippen MR) is 67.8 cm³/mol. The van der Waals surface area contributed by atoms with Gasteiger partial charge in [-0.2, -0.15) is 0 Å². The molecule has 0 aromatic heterocycles. The third kappa shape index (κ3) is 4.87. The molecule has 94 valence electrons. The van der Waals surface area contributed by atoms with Crippen molar-refractivity contribution >= 4 is 5.91 Å². The van der Waals surface area contributed by atoms with E-state index in [2.05, 4.69) is 5.32 Å². The average Bonchev–Trinajstić information content (AvgIpc) is 2.30. The fourth-order valence-corrected chi connectivity index (χ4v) is 1.41. The first-order valence-electron chi connectivity index (χ1n) is 5.88. The van der Waals surface area contributed by atoms with E-state index >= 15 is 0 Å². The van der Waals surface area contributed by atoms with Crippen molar-refractivity contribution in [1.82, 2.24) is 5.32 Å². The SMILES string of the molecule is CCNC(=O)CCOc1ccc([C@@H](C)N)cc1. The molecule has 17 heavy (non-hydrogen) atoms. The van der Waals surface area contributed by atoms with Crippen LogP contribution in [0.1, 0.15) is 31.9 Å². The van der Waals surface area contributed by atoms with Crippen molar-refractivity contribution < 1.29 is 9.53 Å². The Morgan fingerprint density at radius 2 is 2.06 bits per heavy atom. The molecule has 0 spiro atoms. The van der Waals surface area contributed by atoms with Crippen molar-refractivity contribution in [3.63, 3.8) is 0 Å². The molecule has 1 amide bonds. The minimum atomic E-state index is 0.0136. The molecule has 4 heteroatoms. The standard InChI is InChI=1S/C13H20N2O2/c1-3-15-13(16)8-9-17-12-6-4-11(5-7-12)10(2)14/h4-7,10H,3,8-9,14H2,1-2H3,(H,15,16)/t10-/m1/s1. The maximum Gasteiger partial charge on any atom is 0.223 e. The van der Waals surface area contributed by atoms with E-state index in [-0.39, 0.29) is 11.9 Å². The number of carbonyl (C=O) groups is 1. The molecule has 0 bridgehead atoms. The lowest BCUT2D eigenvalue weighted by Gasteiger charge is -2.08. The summed E-state index contributed by atoms with van der Waals surface area (Å²) in [6, 6.07) is 7.64. The third-order valence-electron chi connectivity index (χ3n) is 2.38. The van der Waals surface area contributed by atoms with E-state index in [9.17, 15) is 4.79 Å². The molecule has 0 unspecified atom stereocenters. The van der Waals surface area contributed by atoms with E-state index in [1.54, 1.807) is 0 Å². The lowest BCUT2D eigenvalue weighted by Crippen LogP contribution is -2.24. The second kappa shape index (κ2) is 6.91. The highest BCUT2D eigenvalue weighted by atomic mass is 16.5. The number of benzene rings is 1. The topological polar surface area (TPSA) is 64.3 Å². The second-order valence-electron chi connectivity index (χ2n) is 3.91. The molecular formula is C13H20N2O2. The number of nitrogens with two attached hydrogens (primary N) is 1. The molecule has 0 heterocycles. The van der Waals surface area contributed by atoms with Crippen LogP contribution < -0.4 is 15.8 Å². The highest BCUT2D eigenvalue weighted by Gasteiger charge is 2.01. The largest absolute Gasteiger partial charge is 0.493 e. The fraction of sp³-hybridized carbons (Fsp3) is 0.462. The fourth-order valence-electron chi connectivity index (χ4n) is 1.41. The zero-order valence-electron chi connectivity index (χ0n) is 10.4. The molecule has 0 saturated carbocycles. The van der Waals surface area contributed by atoms with Crippen LogP contribution in [-0.2, 0) is 4.79 Å². The van der Waals surface area contributed by atoms with E-state index in [0.717, 1.165) is 11.3 Å². The molecule has 1 atom stereocenters. The summed E-state index contributed by atoms with van der Waals surface area (Å²) in [7, 11) is 0. The number of nitrogens with one attached hydrogen (secondary N) is 1. The molecule has 0 aliphatic carbocycles. The number of carbonyl (C=O) groups excluding carboxylic acids is 1. The van der Waals surface area contributed by atoms with Gasteiger partial charge in [0.25, 0.3) is 0 Å². The summed E-state index contributed by atoms with van der Waals surface area (Å²) in [5.41, 5.74) is 6.81. The van der Waals surface area contributed by atoms with Gasteiger partial charge in [-0.1, -0.05) is 12.1 Å². The Labute approximate surface area is 102 Å². The summed E-state index contributed by atoms with van der Waals surface area (Å²) < 4.78 is 5.46. The van der Waals surface area contributed by atoms with Crippen molar-refractivity contribution in [3.05, 3.63) is 29.8 Å². The molecule has 0 radical (unpaired) electrons. The lowest BCUT2D eigenvalue weighted by molar-refractivity contribution is -0.121. The smallest absolute Gasteiger partial charge is 0.223 e. The van der Waals surface area contributed by atoms with Crippen molar-refractivity contribution in [2.75, 3.05) is 13.2 Å². The Morgan fingerprint density at radius 1 is 1.41 bits per heavy atom. The van der Waals surface area contributed by atoms with E-state index in [1.165, 1.54) is 0 Å². The summed E-state index contributed by atoms with van der Waals surface area (Å²) in [5.74, 6) is 0.776. The summed E-state index contributed by atoms with van der Waals surface area (Å²) >= 11 is 0. The maximum atomic E-state index is 11.2. The summed E-state index contributed by atoms with van der Waals surface area (Å²) in [5, 5.41) is 2.72. The molecule has 3 N–H and O–H groups in total. The quantitative estimate of drug-likeness (QED) is 0.788. The Balaban J connectivity index is 2.35.